The van der Waals surface area contributed by atoms with E-state index in [1.165, 1.54) is 17.0 Å². The average Bonchev–Trinajstić information content (AvgIpc) is 2.53. The summed E-state index contributed by atoms with van der Waals surface area (Å²) in [5.41, 5.74) is 0.0735. The molecule has 1 N–H and O–H groups in total. The third kappa shape index (κ3) is 2.73. The highest BCUT2D eigenvalue weighted by Gasteiger charge is 2.35. The molecule has 5 nitrogen and oxygen atoms in total. The largest absolute Gasteiger partial charge is 0.478 e. The van der Waals surface area contributed by atoms with Crippen molar-refractivity contribution in [1.29, 1.82) is 0 Å². The standard InChI is InChI=1S/C16H11ClFNO4/c17-9-4-3-5-10(18)14(9)15(20)19-8-13(16(21)22)23-12-7-2-1-6-11(12)19/h1-7,13H,8H2,(H,21,22)/t13-/m0/s1. The monoisotopic (exact) mass is 335 g/mol. The van der Waals surface area contributed by atoms with Gasteiger partial charge in [-0.25, -0.2) is 9.18 Å². The molecule has 1 atom stereocenters. The molecule has 3 rings (SSSR count). The maximum absolute atomic E-state index is 14.0. The van der Waals surface area contributed by atoms with E-state index in [2.05, 4.69) is 0 Å². The number of anilines is 1. The van der Waals surface area contributed by atoms with Crippen LogP contribution in [0.15, 0.2) is 42.5 Å². The van der Waals surface area contributed by atoms with E-state index in [1.54, 1.807) is 24.3 Å². The van der Waals surface area contributed by atoms with Gasteiger partial charge in [0.2, 0.25) is 6.10 Å². The summed E-state index contributed by atoms with van der Waals surface area (Å²) in [6, 6.07) is 10.4. The van der Waals surface area contributed by atoms with E-state index in [4.69, 9.17) is 16.3 Å². The van der Waals surface area contributed by atoms with Crippen LogP contribution in [0.2, 0.25) is 5.02 Å². The SMILES string of the molecule is O=C(O)[C@@H]1CN(C(=O)c2c(F)cccc2Cl)c2ccccc2O1. The van der Waals surface area contributed by atoms with Crippen molar-refractivity contribution in [3.05, 3.63) is 58.9 Å². The molecule has 1 aliphatic rings. The molecule has 1 aliphatic heterocycles. The van der Waals surface area contributed by atoms with Crippen LogP contribution in [0.1, 0.15) is 10.4 Å². The minimum absolute atomic E-state index is 0.0363. The summed E-state index contributed by atoms with van der Waals surface area (Å²) in [5.74, 6) is -2.45. The number of aliphatic carboxylic acids is 1. The molecule has 0 fully saturated rings. The van der Waals surface area contributed by atoms with Gasteiger partial charge in [0.1, 0.15) is 11.6 Å². The number of hydrogen-bond donors (Lipinski definition) is 1. The lowest BCUT2D eigenvalue weighted by molar-refractivity contribution is -0.144. The summed E-state index contributed by atoms with van der Waals surface area (Å²) in [7, 11) is 0. The molecule has 0 saturated carbocycles. The Kier molecular flexibility index (Phi) is 3.92. The highest BCUT2D eigenvalue weighted by atomic mass is 35.5. The van der Waals surface area contributed by atoms with Crippen molar-refractivity contribution in [2.45, 2.75) is 6.10 Å². The van der Waals surface area contributed by atoms with Crippen molar-refractivity contribution in [3.63, 3.8) is 0 Å². The van der Waals surface area contributed by atoms with E-state index < -0.39 is 23.8 Å². The van der Waals surface area contributed by atoms with Crippen LogP contribution in [0.5, 0.6) is 5.75 Å². The normalized spacial score (nSPS) is 16.4. The fourth-order valence-electron chi connectivity index (χ4n) is 2.39. The predicted octanol–water partition coefficient (Wildman–Crippen LogP) is 2.97. The van der Waals surface area contributed by atoms with Crippen LogP contribution in [0.3, 0.4) is 0 Å². The van der Waals surface area contributed by atoms with E-state index in [-0.39, 0.29) is 22.9 Å². The van der Waals surface area contributed by atoms with E-state index in [1.807, 2.05) is 0 Å². The van der Waals surface area contributed by atoms with Crippen molar-refractivity contribution in [2.24, 2.45) is 0 Å². The topological polar surface area (TPSA) is 66.8 Å². The Morgan fingerprint density at radius 1 is 1.22 bits per heavy atom. The highest BCUT2D eigenvalue weighted by Crippen LogP contribution is 2.35. The molecular weight excluding hydrogens is 325 g/mol. The number of rotatable bonds is 2. The molecule has 0 aromatic heterocycles. The molecule has 0 spiro atoms. The summed E-state index contributed by atoms with van der Waals surface area (Å²) < 4.78 is 19.4. The first-order chi connectivity index (χ1) is 11.0. The van der Waals surface area contributed by atoms with E-state index >= 15 is 0 Å². The molecule has 7 heteroatoms. The molecule has 2 aromatic rings. The van der Waals surface area contributed by atoms with Crippen LogP contribution in [0.25, 0.3) is 0 Å². The first-order valence-corrected chi connectivity index (χ1v) is 7.11. The number of hydrogen-bond acceptors (Lipinski definition) is 3. The zero-order valence-electron chi connectivity index (χ0n) is 11.7. The Bertz CT molecular complexity index is 775. The molecule has 1 amide bonds. The molecule has 1 heterocycles. The molecule has 0 unspecified atom stereocenters. The summed E-state index contributed by atoms with van der Waals surface area (Å²) in [4.78, 5) is 25.1. The van der Waals surface area contributed by atoms with Gasteiger partial charge >= 0.3 is 5.97 Å². The van der Waals surface area contributed by atoms with Gasteiger partial charge in [-0.2, -0.15) is 0 Å². The number of amides is 1. The molecule has 0 saturated heterocycles. The third-order valence-corrected chi connectivity index (χ3v) is 3.79. The quantitative estimate of drug-likeness (QED) is 0.916. The number of benzene rings is 2. The second kappa shape index (κ2) is 5.89. The summed E-state index contributed by atoms with van der Waals surface area (Å²) >= 11 is 5.93. The molecule has 118 valence electrons. The number of carboxylic acids is 1. The van der Waals surface area contributed by atoms with Gasteiger partial charge < -0.3 is 14.7 Å². The van der Waals surface area contributed by atoms with Crippen molar-refractivity contribution >= 4 is 29.2 Å². The van der Waals surface area contributed by atoms with Crippen molar-refractivity contribution < 1.29 is 23.8 Å². The number of carbonyl (C=O) groups excluding carboxylic acids is 1. The molecule has 0 aliphatic carbocycles. The fraction of sp³-hybridized carbons (Fsp3) is 0.125. The number of nitrogens with zero attached hydrogens (tertiary/aromatic N) is 1. The minimum atomic E-state index is -1.24. The lowest BCUT2D eigenvalue weighted by Crippen LogP contribution is -2.47. The zero-order valence-corrected chi connectivity index (χ0v) is 12.5. The van der Waals surface area contributed by atoms with Crippen LogP contribution in [0.4, 0.5) is 10.1 Å². The fourth-order valence-corrected chi connectivity index (χ4v) is 2.64. The lowest BCUT2D eigenvalue weighted by atomic mass is 10.1. The number of carbonyl (C=O) groups is 2. The summed E-state index contributed by atoms with van der Waals surface area (Å²) in [6.45, 7) is -0.240. The maximum atomic E-state index is 14.0. The number of fused-ring (bicyclic) bond motifs is 1. The predicted molar refractivity (Wildman–Crippen MR) is 81.6 cm³/mol. The van der Waals surface area contributed by atoms with Crippen molar-refractivity contribution in [2.75, 3.05) is 11.4 Å². The van der Waals surface area contributed by atoms with Crippen LogP contribution in [0, 0.1) is 5.82 Å². The Hall–Kier alpha value is -2.60. The minimum Gasteiger partial charge on any atom is -0.478 e. The van der Waals surface area contributed by atoms with Gasteiger partial charge in [-0.3, -0.25) is 4.79 Å². The zero-order chi connectivity index (χ0) is 16.6. The third-order valence-electron chi connectivity index (χ3n) is 3.47. The molecule has 0 bridgehead atoms. The lowest BCUT2D eigenvalue weighted by Gasteiger charge is -2.33. The van der Waals surface area contributed by atoms with Crippen molar-refractivity contribution in [1.82, 2.24) is 0 Å². The highest BCUT2D eigenvalue weighted by molar-refractivity contribution is 6.34. The van der Waals surface area contributed by atoms with E-state index in [0.717, 1.165) is 6.07 Å². The average molecular weight is 336 g/mol. The van der Waals surface area contributed by atoms with Crippen molar-refractivity contribution in [3.8, 4) is 5.75 Å². The summed E-state index contributed by atoms with van der Waals surface area (Å²) in [6.07, 6.45) is -1.24. The Morgan fingerprint density at radius 2 is 1.96 bits per heavy atom. The second-order valence-electron chi connectivity index (χ2n) is 4.92. The number of carboxylic acid groups (broad SMARTS) is 1. The van der Waals surface area contributed by atoms with Gasteiger partial charge in [-0.1, -0.05) is 29.8 Å². The van der Waals surface area contributed by atoms with E-state index in [9.17, 15) is 19.1 Å². The van der Waals surface area contributed by atoms with Gasteiger partial charge in [-0.05, 0) is 24.3 Å². The number of ether oxygens (including phenoxy) is 1. The Balaban J connectivity index is 2.07. The number of halogens is 2. The van der Waals surface area contributed by atoms with Crippen LogP contribution in [-0.2, 0) is 4.79 Å². The number of para-hydroxylation sites is 2. The van der Waals surface area contributed by atoms with Gasteiger partial charge in [0.05, 0.1) is 22.8 Å². The van der Waals surface area contributed by atoms with Crippen LogP contribution >= 0.6 is 11.6 Å². The molecule has 0 radical (unpaired) electrons. The molecule has 23 heavy (non-hydrogen) atoms. The first-order valence-electron chi connectivity index (χ1n) is 6.73. The Labute approximate surface area is 135 Å². The Morgan fingerprint density at radius 3 is 2.65 bits per heavy atom. The van der Waals surface area contributed by atoms with Gasteiger partial charge in [0.15, 0.2) is 0 Å². The molecular formula is C16H11ClFNO4. The molecule has 2 aromatic carbocycles. The van der Waals surface area contributed by atoms with E-state index in [0.29, 0.717) is 5.69 Å². The first kappa shape index (κ1) is 15.3. The van der Waals surface area contributed by atoms with Gasteiger partial charge in [0, 0.05) is 0 Å². The second-order valence-corrected chi connectivity index (χ2v) is 5.33. The van der Waals surface area contributed by atoms with Crippen LogP contribution < -0.4 is 9.64 Å². The van der Waals surface area contributed by atoms with Gasteiger partial charge in [-0.15, -0.1) is 0 Å². The van der Waals surface area contributed by atoms with Gasteiger partial charge in [0.25, 0.3) is 5.91 Å². The maximum Gasteiger partial charge on any atom is 0.346 e. The summed E-state index contributed by atoms with van der Waals surface area (Å²) in [5, 5.41) is 9.14. The van der Waals surface area contributed by atoms with Crippen LogP contribution in [-0.4, -0.2) is 29.6 Å². The smallest absolute Gasteiger partial charge is 0.346 e.